The maximum absolute atomic E-state index is 13.5. The third-order valence-electron chi connectivity index (χ3n) is 7.13. The number of fused-ring (bicyclic) bond motifs is 2. The largest absolute Gasteiger partial charge is 0.872 e. The Balaban J connectivity index is 1.50. The average molecular weight is 473 g/mol. The summed E-state index contributed by atoms with van der Waals surface area (Å²) in [5, 5.41) is 30.9. The van der Waals surface area contributed by atoms with Crippen LogP contribution in [0.4, 0.5) is 0 Å². The van der Waals surface area contributed by atoms with Crippen LogP contribution >= 0.6 is 0 Å². The molecule has 2 heterocycles. The molecule has 168 valence electrons. The Bertz CT molecular complexity index is 1230. The first kappa shape index (κ1) is 21.2. The summed E-state index contributed by atoms with van der Waals surface area (Å²) in [4.78, 5) is 2.67. The Morgan fingerprint density at radius 1 is 0.545 bits per heavy atom. The molecule has 0 atom stereocenters. The highest BCUT2D eigenvalue weighted by molar-refractivity contribution is 7.97. The first-order chi connectivity index (χ1) is 16.2. The highest BCUT2D eigenvalue weighted by Gasteiger charge is 2.31. The van der Waals surface area contributed by atoms with Crippen LogP contribution in [0.1, 0.15) is 36.8 Å². The van der Waals surface area contributed by atoms with Crippen LogP contribution in [0.15, 0.2) is 70.5 Å². The smallest absolute Gasteiger partial charge is 0.162 e. The van der Waals surface area contributed by atoms with E-state index in [1.165, 1.54) is 58.5 Å². The lowest BCUT2D eigenvalue weighted by atomic mass is 9.97. The lowest BCUT2D eigenvalue weighted by Gasteiger charge is -2.23. The van der Waals surface area contributed by atoms with Gasteiger partial charge in [-0.05, 0) is 78.3 Å². The van der Waals surface area contributed by atoms with Gasteiger partial charge >= 0.3 is 0 Å². The van der Waals surface area contributed by atoms with E-state index in [0.717, 1.165) is 32.7 Å². The molecule has 0 unspecified atom stereocenters. The van der Waals surface area contributed by atoms with Crippen molar-refractivity contribution in [2.75, 3.05) is 23.0 Å². The molecule has 0 aromatic heterocycles. The van der Waals surface area contributed by atoms with Crippen LogP contribution in [-0.2, 0) is 28.2 Å². The first-order valence-corrected chi connectivity index (χ1v) is 15.1. The molecule has 0 aliphatic carbocycles. The molecule has 6 rings (SSSR count). The van der Waals surface area contributed by atoms with Crippen LogP contribution in [0.2, 0.25) is 0 Å². The van der Waals surface area contributed by atoms with E-state index in [0.29, 0.717) is 6.42 Å². The van der Waals surface area contributed by atoms with Crippen molar-refractivity contribution in [3.63, 3.8) is 0 Å². The predicted molar refractivity (Wildman–Crippen MR) is 139 cm³/mol. The van der Waals surface area contributed by atoms with Crippen LogP contribution in [0.25, 0.3) is 21.5 Å². The van der Waals surface area contributed by atoms with E-state index in [1.807, 2.05) is 36.4 Å². The van der Waals surface area contributed by atoms with E-state index in [2.05, 4.69) is 24.3 Å². The molecular weight excluding hydrogens is 444 g/mol. The van der Waals surface area contributed by atoms with E-state index >= 15 is 0 Å². The lowest BCUT2D eigenvalue weighted by Crippen LogP contribution is -2.10. The second kappa shape index (κ2) is 8.81. The molecular formula is C29H28O2S2. The van der Waals surface area contributed by atoms with E-state index in [9.17, 15) is 10.2 Å². The molecule has 4 aromatic carbocycles. The summed E-state index contributed by atoms with van der Waals surface area (Å²) in [6, 6.07) is 20.5. The van der Waals surface area contributed by atoms with Crippen LogP contribution < -0.4 is 10.2 Å². The topological polar surface area (TPSA) is 46.1 Å². The number of hydrogen-bond acceptors (Lipinski definition) is 2. The van der Waals surface area contributed by atoms with Crippen molar-refractivity contribution in [3.05, 3.63) is 71.8 Å². The zero-order chi connectivity index (χ0) is 22.4. The third-order valence-corrected chi connectivity index (χ3v) is 12.2. The maximum atomic E-state index is 13.5. The fourth-order valence-corrected chi connectivity index (χ4v) is 10.5. The van der Waals surface area contributed by atoms with Gasteiger partial charge in [0.05, 0.1) is 0 Å². The van der Waals surface area contributed by atoms with Gasteiger partial charge in [0.1, 0.15) is 23.0 Å². The van der Waals surface area contributed by atoms with Crippen LogP contribution in [-0.4, -0.2) is 23.0 Å². The second-order valence-corrected chi connectivity index (χ2v) is 13.7. The highest BCUT2D eigenvalue weighted by atomic mass is 32.2. The number of benzene rings is 4. The van der Waals surface area contributed by atoms with Gasteiger partial charge in [-0.1, -0.05) is 47.9 Å². The quantitative estimate of drug-likeness (QED) is 0.380. The molecule has 0 spiro atoms. The molecule has 2 nitrogen and oxygen atoms in total. The van der Waals surface area contributed by atoms with Crippen molar-refractivity contribution < 1.29 is 10.2 Å². The summed E-state index contributed by atoms with van der Waals surface area (Å²) in [5.74, 6) is 5.06. The summed E-state index contributed by atoms with van der Waals surface area (Å²) >= 11 is 0. The van der Waals surface area contributed by atoms with Crippen molar-refractivity contribution in [2.24, 2.45) is 0 Å². The van der Waals surface area contributed by atoms with Crippen molar-refractivity contribution in [3.8, 4) is 11.5 Å². The predicted octanol–water partition coefficient (Wildman–Crippen LogP) is 5.27. The van der Waals surface area contributed by atoms with Crippen molar-refractivity contribution in [1.82, 2.24) is 0 Å². The normalized spacial score (nSPS) is 17.5. The molecule has 4 heteroatoms. The molecule has 0 amide bonds. The second-order valence-electron chi connectivity index (χ2n) is 9.21. The molecule has 2 fully saturated rings. The minimum atomic E-state index is 0.0922. The van der Waals surface area contributed by atoms with E-state index in [1.54, 1.807) is 0 Å². The molecule has 0 bridgehead atoms. The van der Waals surface area contributed by atoms with Gasteiger partial charge in [0.25, 0.3) is 0 Å². The summed E-state index contributed by atoms with van der Waals surface area (Å²) < 4.78 is 0. The molecule has 2 aliphatic heterocycles. The molecule has 4 aromatic rings. The van der Waals surface area contributed by atoms with Crippen LogP contribution in [0.5, 0.6) is 11.5 Å². The van der Waals surface area contributed by atoms with Gasteiger partial charge in [0, 0.05) is 32.6 Å². The zero-order valence-corrected chi connectivity index (χ0v) is 20.4. The van der Waals surface area contributed by atoms with Crippen LogP contribution in [0, 0.1) is 0 Å². The van der Waals surface area contributed by atoms with E-state index in [-0.39, 0.29) is 33.3 Å². The summed E-state index contributed by atoms with van der Waals surface area (Å²) in [6.45, 7) is 0. The van der Waals surface area contributed by atoms with Crippen molar-refractivity contribution in [1.29, 1.82) is 0 Å². The van der Waals surface area contributed by atoms with Gasteiger partial charge in [-0.3, -0.25) is 0 Å². The fraction of sp³-hybridized carbons (Fsp3) is 0.310. The molecule has 0 N–H and O–H groups in total. The summed E-state index contributed by atoms with van der Waals surface area (Å²) in [5.41, 5.74) is 1.58. The molecule has 33 heavy (non-hydrogen) atoms. The SMILES string of the molecule is [O-]c1c(Cc2cc([S+]3CCCC3)c3ccccc3c2[O-])cc([S+]2CCCC2)c2ccccc12. The highest BCUT2D eigenvalue weighted by Crippen LogP contribution is 2.40. The maximum Gasteiger partial charge on any atom is 0.162 e. The minimum Gasteiger partial charge on any atom is -0.872 e. The zero-order valence-electron chi connectivity index (χ0n) is 18.8. The van der Waals surface area contributed by atoms with Gasteiger partial charge in [-0.15, -0.1) is 0 Å². The summed E-state index contributed by atoms with van der Waals surface area (Å²) in [7, 11) is 0.417. The van der Waals surface area contributed by atoms with Crippen molar-refractivity contribution >= 4 is 43.3 Å². The summed E-state index contributed by atoms with van der Waals surface area (Å²) in [6.07, 6.45) is 5.52. The van der Waals surface area contributed by atoms with Gasteiger partial charge in [0.15, 0.2) is 9.79 Å². The Morgan fingerprint density at radius 2 is 0.909 bits per heavy atom. The van der Waals surface area contributed by atoms with Gasteiger partial charge in [-0.2, -0.15) is 0 Å². The Labute approximate surface area is 201 Å². The molecule has 2 aliphatic rings. The molecule has 0 saturated carbocycles. The van der Waals surface area contributed by atoms with Crippen molar-refractivity contribution in [2.45, 2.75) is 41.9 Å². The van der Waals surface area contributed by atoms with E-state index < -0.39 is 0 Å². The number of hydrogen-bond donors (Lipinski definition) is 0. The number of rotatable bonds is 4. The van der Waals surface area contributed by atoms with Gasteiger partial charge < -0.3 is 10.2 Å². The molecule has 2 saturated heterocycles. The third kappa shape index (κ3) is 3.77. The minimum absolute atomic E-state index is 0.0922. The Hall–Kier alpha value is -2.30. The Kier molecular flexibility index (Phi) is 5.67. The monoisotopic (exact) mass is 472 g/mol. The van der Waals surface area contributed by atoms with Gasteiger partial charge in [0.2, 0.25) is 0 Å². The lowest BCUT2D eigenvalue weighted by molar-refractivity contribution is -0.267. The van der Waals surface area contributed by atoms with Gasteiger partial charge in [-0.25, -0.2) is 0 Å². The standard InChI is InChI=1S/C29H28O2S2/c30-28-20(18-26(32-13-5-6-14-32)22-9-1-3-11-24(22)28)17-21-19-27(33-15-7-8-16-33)23-10-2-4-12-25(23)29(21)31/h1-4,9-12,18-19H,5-8,13-17H2. The molecule has 0 radical (unpaired) electrons. The first-order valence-electron chi connectivity index (χ1n) is 12.0. The van der Waals surface area contributed by atoms with Crippen LogP contribution in [0.3, 0.4) is 0 Å². The van der Waals surface area contributed by atoms with E-state index in [4.69, 9.17) is 0 Å². The average Bonchev–Trinajstić information content (AvgIpc) is 3.57. The Morgan fingerprint density at radius 3 is 1.30 bits per heavy atom. The fourth-order valence-electron chi connectivity index (χ4n) is 5.44.